The van der Waals surface area contributed by atoms with Gasteiger partial charge in [-0.05, 0) is 43.9 Å². The Balaban J connectivity index is 1.06. The van der Waals surface area contributed by atoms with Gasteiger partial charge in [0.1, 0.15) is 29.5 Å². The van der Waals surface area contributed by atoms with Crippen LogP contribution in [0.2, 0.25) is 0 Å². The van der Waals surface area contributed by atoms with Crippen LogP contribution in [0.15, 0.2) is 55.4 Å². The van der Waals surface area contributed by atoms with Crippen molar-refractivity contribution >= 4 is 34.6 Å². The zero-order valence-corrected chi connectivity index (χ0v) is 28.6. The minimum Gasteiger partial charge on any atom is -0.494 e. The molecule has 1 unspecified atom stereocenters. The predicted octanol–water partition coefficient (Wildman–Crippen LogP) is 6.04. The average Bonchev–Trinajstić information content (AvgIpc) is 3.86. The third-order valence-corrected chi connectivity index (χ3v) is 10.6. The van der Waals surface area contributed by atoms with E-state index in [2.05, 4.69) is 41.9 Å². The van der Waals surface area contributed by atoms with Gasteiger partial charge in [0.05, 0.1) is 36.8 Å². The number of anilines is 5. The van der Waals surface area contributed by atoms with Gasteiger partial charge in [-0.3, -0.25) is 19.4 Å². The fourth-order valence-corrected chi connectivity index (χ4v) is 8.01. The number of rotatable bonds is 10. The molecule has 3 aromatic rings. The van der Waals surface area contributed by atoms with Crippen molar-refractivity contribution < 1.29 is 23.1 Å². The summed E-state index contributed by atoms with van der Waals surface area (Å²) in [4.78, 5) is 34.9. The van der Waals surface area contributed by atoms with Crippen molar-refractivity contribution in [3.8, 4) is 5.75 Å². The van der Waals surface area contributed by atoms with Gasteiger partial charge in [-0.2, -0.15) is 0 Å². The number of nitrogens with one attached hydrogen (secondary N) is 2. The maximum absolute atomic E-state index is 14.7. The van der Waals surface area contributed by atoms with Gasteiger partial charge in [-0.15, -0.1) is 0 Å². The van der Waals surface area contributed by atoms with E-state index in [0.29, 0.717) is 53.4 Å². The highest BCUT2D eigenvalue weighted by molar-refractivity contribution is 6.02. The van der Waals surface area contributed by atoms with Gasteiger partial charge in [0.2, 0.25) is 5.91 Å². The maximum atomic E-state index is 14.7. The van der Waals surface area contributed by atoms with E-state index in [0.717, 1.165) is 56.8 Å². The molecule has 0 bridgehead atoms. The Morgan fingerprint density at radius 2 is 1.64 bits per heavy atom. The number of carbonyl (C=O) groups excluding carboxylic acids is 1. The third-order valence-electron chi connectivity index (χ3n) is 10.6. The van der Waals surface area contributed by atoms with Crippen molar-refractivity contribution in [2.75, 3.05) is 73.6 Å². The Kier molecular flexibility index (Phi) is 10.4. The molecule has 0 radical (unpaired) electrons. The Bertz CT molecular complexity index is 1670. The van der Waals surface area contributed by atoms with E-state index in [1.165, 1.54) is 68.4 Å². The molecule has 1 amide bonds. The molecule has 2 aromatic carbocycles. The second-order valence-corrected chi connectivity index (χ2v) is 13.5. The fourth-order valence-electron chi connectivity index (χ4n) is 8.01. The van der Waals surface area contributed by atoms with E-state index in [4.69, 9.17) is 9.57 Å². The van der Waals surface area contributed by atoms with Gasteiger partial charge < -0.3 is 20.3 Å². The molecule has 11 nitrogen and oxygen atoms in total. The number of benzene rings is 2. The van der Waals surface area contributed by atoms with Crippen molar-refractivity contribution in [2.45, 2.75) is 63.1 Å². The number of amides is 1. The molecule has 1 saturated carbocycles. The second kappa shape index (κ2) is 15.3. The van der Waals surface area contributed by atoms with Gasteiger partial charge in [0.25, 0.3) is 0 Å². The minimum absolute atomic E-state index is 0.313. The molecule has 3 aliphatic heterocycles. The van der Waals surface area contributed by atoms with E-state index < -0.39 is 17.7 Å². The molecule has 4 heterocycles. The highest BCUT2D eigenvalue weighted by atomic mass is 19.1. The van der Waals surface area contributed by atoms with Crippen LogP contribution in [-0.2, 0) is 9.63 Å². The van der Waals surface area contributed by atoms with Gasteiger partial charge in [0.15, 0.2) is 5.82 Å². The second-order valence-electron chi connectivity index (χ2n) is 13.5. The lowest BCUT2D eigenvalue weighted by Gasteiger charge is -2.44. The van der Waals surface area contributed by atoms with Gasteiger partial charge >= 0.3 is 0 Å². The molecular weight excluding hydrogens is 642 g/mol. The fraction of sp³-hybridized carbons (Fsp3) is 0.486. The van der Waals surface area contributed by atoms with E-state index in [1.807, 2.05) is 12.1 Å². The summed E-state index contributed by atoms with van der Waals surface area (Å²) in [5, 5.41) is 7.83. The molecule has 4 aliphatic rings. The first-order valence-corrected chi connectivity index (χ1v) is 17.7. The van der Waals surface area contributed by atoms with Gasteiger partial charge in [0, 0.05) is 81.5 Å². The zero-order valence-electron chi connectivity index (χ0n) is 28.6. The highest BCUT2D eigenvalue weighted by Gasteiger charge is 2.33. The van der Waals surface area contributed by atoms with Crippen LogP contribution in [0, 0.1) is 11.6 Å². The number of aromatic nitrogens is 2. The van der Waals surface area contributed by atoms with Gasteiger partial charge in [-0.1, -0.05) is 25.5 Å². The van der Waals surface area contributed by atoms with Crippen molar-refractivity contribution in [1.29, 1.82) is 0 Å². The molecular formula is C37H46F2N8O3. The molecule has 13 heteroatoms. The van der Waals surface area contributed by atoms with Crippen molar-refractivity contribution in [3.63, 3.8) is 0 Å². The molecule has 266 valence electrons. The van der Waals surface area contributed by atoms with E-state index in [1.54, 1.807) is 13.2 Å². The number of halogens is 2. The number of piperidine rings is 1. The first-order valence-electron chi connectivity index (χ1n) is 17.7. The lowest BCUT2D eigenvalue weighted by Crippen LogP contribution is -2.54. The summed E-state index contributed by atoms with van der Waals surface area (Å²) >= 11 is 0. The van der Waals surface area contributed by atoms with Gasteiger partial charge in [-0.25, -0.2) is 23.8 Å². The summed E-state index contributed by atoms with van der Waals surface area (Å²) in [6.07, 6.45) is 10.7. The molecule has 2 N–H and O–H groups in total. The number of methoxy groups -OCH3 is 1. The number of nitrogens with zero attached hydrogens (tertiary/aromatic N) is 6. The first-order chi connectivity index (χ1) is 24.4. The van der Waals surface area contributed by atoms with Crippen LogP contribution < -0.4 is 25.3 Å². The summed E-state index contributed by atoms with van der Waals surface area (Å²) in [6.45, 7) is 10.3. The highest BCUT2D eigenvalue weighted by Crippen LogP contribution is 2.41. The Morgan fingerprint density at radius 3 is 2.32 bits per heavy atom. The molecule has 7 rings (SSSR count). The quantitative estimate of drug-likeness (QED) is 0.245. The Hall–Kier alpha value is -4.33. The van der Waals surface area contributed by atoms with E-state index in [-0.39, 0.29) is 5.91 Å². The van der Waals surface area contributed by atoms with Crippen LogP contribution in [0.4, 0.5) is 37.5 Å². The van der Waals surface area contributed by atoms with E-state index in [9.17, 15) is 13.6 Å². The number of hydrogen-bond acceptors (Lipinski definition) is 10. The topological polar surface area (TPSA) is 98.3 Å². The molecule has 1 atom stereocenters. The Morgan fingerprint density at radius 1 is 0.920 bits per heavy atom. The largest absolute Gasteiger partial charge is 0.494 e. The smallest absolute Gasteiger partial charge is 0.247 e. The number of hydrogen-bond donors (Lipinski definition) is 2. The molecule has 0 spiro atoms. The summed E-state index contributed by atoms with van der Waals surface area (Å²) in [7, 11) is 1.61. The number of ether oxygens (including phenoxy) is 1. The van der Waals surface area contributed by atoms with Crippen LogP contribution in [0.3, 0.4) is 0 Å². The summed E-state index contributed by atoms with van der Waals surface area (Å²) < 4.78 is 34.2. The summed E-state index contributed by atoms with van der Waals surface area (Å²) in [6, 6.07) is 9.87. The average molecular weight is 689 g/mol. The summed E-state index contributed by atoms with van der Waals surface area (Å²) in [5.41, 5.74) is 2.41. The zero-order chi connectivity index (χ0) is 34.6. The van der Waals surface area contributed by atoms with Crippen LogP contribution in [0.5, 0.6) is 5.75 Å². The SMILES string of the molecule is C=CC(=O)Nc1cc(Nc2cc(N3OCCC3c3ccc(F)cc3F)ncn2)c(OC)cc1N1CCC(N2CCN(C3CCCC3)CC2)CC1. The predicted molar refractivity (Wildman–Crippen MR) is 190 cm³/mol. The lowest BCUT2D eigenvalue weighted by molar-refractivity contribution is -0.111. The molecule has 1 aromatic heterocycles. The third kappa shape index (κ3) is 7.40. The Labute approximate surface area is 292 Å². The standard InChI is InChI=1S/C37H46F2N8O3/c1-3-37(48)43-30-21-31(42-35-23-36(41-24-40-35)47-32(12-19-50-47)28-9-8-25(38)20-29(28)39)34(49-2)22-33(30)46-13-10-27(11-14-46)45-17-15-44(16-18-45)26-6-4-5-7-26/h3,8-9,20-24,26-27,32H,1,4-7,10-19H2,2H3,(H,43,48)(H,40,41,42). The monoisotopic (exact) mass is 688 g/mol. The molecule has 1 aliphatic carbocycles. The van der Waals surface area contributed by atoms with Crippen molar-refractivity contribution in [3.05, 3.63) is 72.6 Å². The van der Waals surface area contributed by atoms with Crippen LogP contribution >= 0.6 is 0 Å². The number of hydroxylamine groups is 1. The van der Waals surface area contributed by atoms with Crippen LogP contribution in [-0.4, -0.2) is 90.7 Å². The summed E-state index contributed by atoms with van der Waals surface area (Å²) in [5.74, 6) is -0.172. The van der Waals surface area contributed by atoms with Crippen molar-refractivity contribution in [2.24, 2.45) is 0 Å². The first kappa shape index (κ1) is 34.1. The molecule has 4 fully saturated rings. The maximum Gasteiger partial charge on any atom is 0.247 e. The molecule has 50 heavy (non-hydrogen) atoms. The number of carbonyl (C=O) groups is 1. The molecule has 3 saturated heterocycles. The van der Waals surface area contributed by atoms with E-state index >= 15 is 0 Å². The van der Waals surface area contributed by atoms with Crippen LogP contribution in [0.1, 0.15) is 56.6 Å². The lowest BCUT2D eigenvalue weighted by atomic mass is 10.0. The van der Waals surface area contributed by atoms with Crippen LogP contribution in [0.25, 0.3) is 0 Å². The number of piperazine rings is 1. The minimum atomic E-state index is -0.640. The van der Waals surface area contributed by atoms with Crippen molar-refractivity contribution in [1.82, 2.24) is 19.8 Å². The normalized spacial score (nSPS) is 21.1.